The van der Waals surface area contributed by atoms with Crippen molar-refractivity contribution in [1.29, 1.82) is 0 Å². The van der Waals surface area contributed by atoms with E-state index in [1.807, 2.05) is 78.9 Å². The van der Waals surface area contributed by atoms with Gasteiger partial charge in [-0.15, -0.1) is 0 Å². The Labute approximate surface area is 186 Å². The zero-order chi connectivity index (χ0) is 21.3. The second-order valence-corrected chi connectivity index (χ2v) is 9.10. The van der Waals surface area contributed by atoms with Crippen molar-refractivity contribution >= 4 is 26.7 Å². The minimum Gasteiger partial charge on any atom is -0.497 e. The third-order valence-corrected chi connectivity index (χ3v) is 7.45. The molecule has 1 aliphatic rings. The molecule has 158 valence electrons. The van der Waals surface area contributed by atoms with Crippen LogP contribution in [0.15, 0.2) is 78.9 Å². The van der Waals surface area contributed by atoms with E-state index in [4.69, 9.17) is 9.72 Å². The van der Waals surface area contributed by atoms with Gasteiger partial charge in [0.05, 0.1) is 17.3 Å². The Hall–Kier alpha value is -2.89. The summed E-state index contributed by atoms with van der Waals surface area (Å²) in [4.78, 5) is 7.19. The number of thiazole rings is 1. The molecule has 0 amide bonds. The summed E-state index contributed by atoms with van der Waals surface area (Å²) in [7, 11) is 1.69. The van der Waals surface area contributed by atoms with Crippen molar-refractivity contribution in [2.24, 2.45) is 5.92 Å². The fourth-order valence-corrected chi connectivity index (χ4v) is 5.71. The number of benzene rings is 3. The highest BCUT2D eigenvalue weighted by Crippen LogP contribution is 2.43. The van der Waals surface area contributed by atoms with Crippen molar-refractivity contribution in [3.8, 4) is 5.75 Å². The molecular formula is C26H26N2O2S. The van der Waals surface area contributed by atoms with Crippen molar-refractivity contribution in [2.45, 2.75) is 18.4 Å². The van der Waals surface area contributed by atoms with E-state index in [9.17, 15) is 5.11 Å². The van der Waals surface area contributed by atoms with Crippen LogP contribution in [0.25, 0.3) is 10.2 Å². The van der Waals surface area contributed by atoms with Gasteiger partial charge in [0, 0.05) is 13.1 Å². The smallest absolute Gasteiger partial charge is 0.186 e. The van der Waals surface area contributed by atoms with E-state index in [1.165, 1.54) is 0 Å². The Morgan fingerprint density at radius 3 is 2.13 bits per heavy atom. The largest absolute Gasteiger partial charge is 0.497 e. The van der Waals surface area contributed by atoms with E-state index in [0.29, 0.717) is 0 Å². The van der Waals surface area contributed by atoms with Crippen molar-refractivity contribution < 1.29 is 9.84 Å². The molecule has 5 heteroatoms. The number of hydrogen-bond donors (Lipinski definition) is 1. The summed E-state index contributed by atoms with van der Waals surface area (Å²) in [5, 5.41) is 13.1. The lowest BCUT2D eigenvalue weighted by Crippen LogP contribution is -2.44. The van der Waals surface area contributed by atoms with Crippen LogP contribution in [-0.4, -0.2) is 30.3 Å². The maximum Gasteiger partial charge on any atom is 0.186 e. The van der Waals surface area contributed by atoms with Gasteiger partial charge in [-0.1, -0.05) is 72.0 Å². The number of aromatic nitrogens is 1. The average Bonchev–Trinajstić information content (AvgIpc) is 3.28. The molecule has 5 rings (SSSR count). The van der Waals surface area contributed by atoms with Crippen LogP contribution in [0.1, 0.15) is 24.0 Å². The lowest BCUT2D eigenvalue weighted by molar-refractivity contribution is 0.00506. The van der Waals surface area contributed by atoms with Crippen LogP contribution in [-0.2, 0) is 5.60 Å². The van der Waals surface area contributed by atoms with Crippen molar-refractivity contribution in [1.82, 2.24) is 4.98 Å². The predicted molar refractivity (Wildman–Crippen MR) is 127 cm³/mol. The average molecular weight is 431 g/mol. The van der Waals surface area contributed by atoms with Crippen LogP contribution >= 0.6 is 11.3 Å². The normalized spacial score (nSPS) is 15.4. The monoisotopic (exact) mass is 430 g/mol. The molecule has 4 aromatic rings. The molecule has 0 saturated carbocycles. The Bertz CT molecular complexity index is 1110. The van der Waals surface area contributed by atoms with Crippen LogP contribution in [0, 0.1) is 5.92 Å². The summed E-state index contributed by atoms with van der Waals surface area (Å²) < 4.78 is 6.49. The Kier molecular flexibility index (Phi) is 5.38. The van der Waals surface area contributed by atoms with Gasteiger partial charge in [-0.05, 0) is 48.1 Å². The minimum atomic E-state index is -0.991. The van der Waals surface area contributed by atoms with Crippen LogP contribution in [0.3, 0.4) is 0 Å². The van der Waals surface area contributed by atoms with Gasteiger partial charge in [-0.2, -0.15) is 0 Å². The maximum absolute atomic E-state index is 12.1. The van der Waals surface area contributed by atoms with Gasteiger partial charge < -0.3 is 14.7 Å². The molecule has 3 aromatic carbocycles. The third kappa shape index (κ3) is 3.68. The zero-order valence-electron chi connectivity index (χ0n) is 17.6. The summed E-state index contributed by atoms with van der Waals surface area (Å²) >= 11 is 1.71. The maximum atomic E-state index is 12.1. The first-order valence-electron chi connectivity index (χ1n) is 10.7. The number of nitrogens with zero attached hydrogens (tertiary/aromatic N) is 2. The molecule has 1 aliphatic heterocycles. The summed E-state index contributed by atoms with van der Waals surface area (Å²) in [6.07, 6.45) is 1.80. The number of ether oxygens (including phenoxy) is 1. The van der Waals surface area contributed by atoms with Crippen molar-refractivity contribution in [3.05, 3.63) is 90.0 Å². The molecule has 0 spiro atoms. The van der Waals surface area contributed by atoms with Crippen LogP contribution in [0.4, 0.5) is 5.13 Å². The highest BCUT2D eigenvalue weighted by atomic mass is 32.1. The fraction of sp³-hybridized carbons (Fsp3) is 0.269. The summed E-state index contributed by atoms with van der Waals surface area (Å²) in [5.41, 5.74) is 1.95. The number of piperidine rings is 1. The van der Waals surface area contributed by atoms with Gasteiger partial charge >= 0.3 is 0 Å². The van der Waals surface area contributed by atoms with Crippen LogP contribution < -0.4 is 9.64 Å². The van der Waals surface area contributed by atoms with Crippen molar-refractivity contribution in [3.63, 3.8) is 0 Å². The molecule has 4 nitrogen and oxygen atoms in total. The molecule has 0 aliphatic carbocycles. The quantitative estimate of drug-likeness (QED) is 0.457. The number of aliphatic hydroxyl groups is 1. The summed E-state index contributed by atoms with van der Waals surface area (Å²) in [5.74, 6) is 1.00. The second-order valence-electron chi connectivity index (χ2n) is 8.09. The van der Waals surface area contributed by atoms with Crippen molar-refractivity contribution in [2.75, 3.05) is 25.1 Å². The molecule has 0 unspecified atom stereocenters. The Balaban J connectivity index is 1.40. The molecule has 1 saturated heterocycles. The second kappa shape index (κ2) is 8.33. The zero-order valence-corrected chi connectivity index (χ0v) is 18.4. The van der Waals surface area contributed by atoms with Gasteiger partial charge in [0.15, 0.2) is 5.13 Å². The molecule has 1 aromatic heterocycles. The number of methoxy groups -OCH3 is 1. The summed E-state index contributed by atoms with van der Waals surface area (Å²) in [6.45, 7) is 1.76. The minimum absolute atomic E-state index is 0.142. The van der Waals surface area contributed by atoms with Gasteiger partial charge in [0.1, 0.15) is 11.4 Å². The van der Waals surface area contributed by atoms with E-state index < -0.39 is 5.60 Å². The number of fused-ring (bicyclic) bond motifs is 1. The van der Waals surface area contributed by atoms with Crippen LogP contribution in [0.5, 0.6) is 5.75 Å². The topological polar surface area (TPSA) is 45.6 Å². The van der Waals surface area contributed by atoms with Gasteiger partial charge in [0.2, 0.25) is 0 Å². The van der Waals surface area contributed by atoms with E-state index in [-0.39, 0.29) is 5.92 Å². The molecular weight excluding hydrogens is 404 g/mol. The lowest BCUT2D eigenvalue weighted by Gasteiger charge is -2.42. The van der Waals surface area contributed by atoms with Gasteiger partial charge in [0.25, 0.3) is 0 Å². The highest BCUT2D eigenvalue weighted by Gasteiger charge is 2.41. The number of hydrogen-bond acceptors (Lipinski definition) is 5. The summed E-state index contributed by atoms with van der Waals surface area (Å²) in [6, 6.07) is 26.2. The van der Waals surface area contributed by atoms with E-state index in [2.05, 4.69) is 4.90 Å². The van der Waals surface area contributed by atoms with E-state index >= 15 is 0 Å². The Morgan fingerprint density at radius 2 is 1.55 bits per heavy atom. The standard InChI is InChI=1S/C26H26N2O2S/c1-30-22-12-13-23-24(18-22)31-25(27-23)28-16-14-21(15-17-28)26(29,19-8-4-2-5-9-19)20-10-6-3-7-11-20/h2-13,18,21,29H,14-17H2,1H3. The predicted octanol–water partition coefficient (Wildman–Crippen LogP) is 5.46. The molecule has 2 heterocycles. The van der Waals surface area contributed by atoms with Gasteiger partial charge in [-0.25, -0.2) is 4.98 Å². The fourth-order valence-electron chi connectivity index (χ4n) is 4.67. The Morgan fingerprint density at radius 1 is 0.935 bits per heavy atom. The molecule has 31 heavy (non-hydrogen) atoms. The molecule has 0 bridgehead atoms. The molecule has 1 N–H and O–H groups in total. The lowest BCUT2D eigenvalue weighted by atomic mass is 9.72. The number of rotatable bonds is 5. The first-order valence-corrected chi connectivity index (χ1v) is 11.5. The SMILES string of the molecule is COc1ccc2nc(N3CCC(C(O)(c4ccccc4)c4ccccc4)CC3)sc2c1. The molecule has 0 atom stereocenters. The third-order valence-electron chi connectivity index (χ3n) is 6.37. The van der Waals surface area contributed by atoms with E-state index in [0.717, 1.165) is 58.2 Å². The number of anilines is 1. The molecule has 0 radical (unpaired) electrons. The van der Waals surface area contributed by atoms with E-state index in [1.54, 1.807) is 18.4 Å². The molecule has 1 fully saturated rings. The van der Waals surface area contributed by atoms with Crippen LogP contribution in [0.2, 0.25) is 0 Å². The highest BCUT2D eigenvalue weighted by molar-refractivity contribution is 7.22. The first-order chi connectivity index (χ1) is 15.2. The first kappa shape index (κ1) is 20.0. The van der Waals surface area contributed by atoms with Gasteiger partial charge in [-0.3, -0.25) is 0 Å².